The Hall–Kier alpha value is -1.10. The summed E-state index contributed by atoms with van der Waals surface area (Å²) in [5, 5.41) is 17.4. The fourth-order valence-corrected chi connectivity index (χ4v) is 1.81. The molecule has 1 atom stereocenters. The summed E-state index contributed by atoms with van der Waals surface area (Å²) in [5.74, 6) is -0.901. The highest BCUT2D eigenvalue weighted by Gasteiger charge is 2.22. The maximum Gasteiger partial charge on any atom is 0.303 e. The second-order valence-electron chi connectivity index (χ2n) is 3.92. The summed E-state index contributed by atoms with van der Waals surface area (Å²) in [6, 6.07) is 0. The van der Waals surface area contributed by atoms with Crippen LogP contribution in [0.25, 0.3) is 0 Å². The van der Waals surface area contributed by atoms with Crippen molar-refractivity contribution < 1.29 is 19.8 Å². The van der Waals surface area contributed by atoms with Crippen LogP contribution in [0.15, 0.2) is 0 Å². The predicted molar refractivity (Wildman–Crippen MR) is 53.3 cm³/mol. The van der Waals surface area contributed by atoms with Gasteiger partial charge in [-0.3, -0.25) is 9.59 Å². The standard InChI is InChI=1S/C10H17NO4/c12-7-8-2-1-5-11(6-8)9(13)3-4-10(14)15/h8,12H,1-7H2,(H,14,15). The summed E-state index contributed by atoms with van der Waals surface area (Å²) in [5.41, 5.74) is 0. The zero-order chi connectivity index (χ0) is 11.3. The number of carboxylic acid groups (broad SMARTS) is 1. The fourth-order valence-electron chi connectivity index (χ4n) is 1.81. The number of carbonyl (C=O) groups excluding carboxylic acids is 1. The van der Waals surface area contributed by atoms with Gasteiger partial charge in [0.05, 0.1) is 6.42 Å². The molecule has 0 aromatic heterocycles. The molecule has 0 aromatic carbocycles. The van der Waals surface area contributed by atoms with Crippen LogP contribution in [0.2, 0.25) is 0 Å². The van der Waals surface area contributed by atoms with Crippen LogP contribution >= 0.6 is 0 Å². The van der Waals surface area contributed by atoms with E-state index in [1.54, 1.807) is 4.90 Å². The summed E-state index contributed by atoms with van der Waals surface area (Å²) >= 11 is 0. The summed E-state index contributed by atoms with van der Waals surface area (Å²) in [6.07, 6.45) is 1.79. The lowest BCUT2D eigenvalue weighted by molar-refractivity contribution is -0.141. The number of carboxylic acids is 1. The van der Waals surface area contributed by atoms with E-state index < -0.39 is 5.97 Å². The highest BCUT2D eigenvalue weighted by atomic mass is 16.4. The van der Waals surface area contributed by atoms with Gasteiger partial charge in [-0.2, -0.15) is 0 Å². The van der Waals surface area contributed by atoms with Gasteiger partial charge < -0.3 is 15.1 Å². The van der Waals surface area contributed by atoms with Crippen molar-refractivity contribution in [2.45, 2.75) is 25.7 Å². The molecule has 5 nitrogen and oxygen atoms in total. The largest absolute Gasteiger partial charge is 0.481 e. The minimum absolute atomic E-state index is 0.0630. The predicted octanol–water partition coefficient (Wildman–Crippen LogP) is 0.0821. The van der Waals surface area contributed by atoms with Crippen LogP contribution in [-0.4, -0.2) is 46.7 Å². The van der Waals surface area contributed by atoms with Crippen molar-refractivity contribution in [1.29, 1.82) is 0 Å². The molecule has 1 amide bonds. The first kappa shape index (κ1) is 12.0. The number of aliphatic hydroxyl groups is 1. The molecule has 0 radical (unpaired) electrons. The zero-order valence-corrected chi connectivity index (χ0v) is 8.69. The Morgan fingerprint density at radius 2 is 2.07 bits per heavy atom. The van der Waals surface area contributed by atoms with Crippen molar-refractivity contribution in [1.82, 2.24) is 4.90 Å². The van der Waals surface area contributed by atoms with Crippen LogP contribution in [0.1, 0.15) is 25.7 Å². The second kappa shape index (κ2) is 5.70. The molecule has 86 valence electrons. The Morgan fingerprint density at radius 3 is 2.67 bits per heavy atom. The molecule has 1 aliphatic heterocycles. The van der Waals surface area contributed by atoms with Gasteiger partial charge in [0.25, 0.3) is 0 Å². The Morgan fingerprint density at radius 1 is 1.33 bits per heavy atom. The molecule has 2 N–H and O–H groups in total. The van der Waals surface area contributed by atoms with Crippen molar-refractivity contribution in [2.75, 3.05) is 19.7 Å². The summed E-state index contributed by atoms with van der Waals surface area (Å²) in [4.78, 5) is 23.5. The number of hydrogen-bond acceptors (Lipinski definition) is 3. The van der Waals surface area contributed by atoms with Gasteiger partial charge in [-0.05, 0) is 18.8 Å². The monoisotopic (exact) mass is 215 g/mol. The maximum absolute atomic E-state index is 11.5. The number of aliphatic carboxylic acids is 1. The van der Waals surface area contributed by atoms with Crippen LogP contribution in [0.5, 0.6) is 0 Å². The van der Waals surface area contributed by atoms with E-state index in [2.05, 4.69) is 0 Å². The molecule has 1 aliphatic rings. The first-order valence-electron chi connectivity index (χ1n) is 5.24. The van der Waals surface area contributed by atoms with Crippen LogP contribution in [0.4, 0.5) is 0 Å². The number of hydrogen-bond donors (Lipinski definition) is 2. The number of aliphatic hydroxyl groups excluding tert-OH is 1. The molecule has 1 fully saturated rings. The molecular weight excluding hydrogens is 198 g/mol. The average Bonchev–Trinajstić information content (AvgIpc) is 2.26. The van der Waals surface area contributed by atoms with E-state index in [9.17, 15) is 9.59 Å². The molecular formula is C10H17NO4. The number of likely N-dealkylation sites (tertiary alicyclic amines) is 1. The molecule has 15 heavy (non-hydrogen) atoms. The third-order valence-electron chi connectivity index (χ3n) is 2.68. The molecule has 0 aromatic rings. The van der Waals surface area contributed by atoms with Gasteiger partial charge in [0.15, 0.2) is 0 Å². The van der Waals surface area contributed by atoms with Crippen LogP contribution < -0.4 is 0 Å². The summed E-state index contributed by atoms with van der Waals surface area (Å²) in [6.45, 7) is 1.35. The Balaban J connectivity index is 2.35. The number of piperidine rings is 1. The van der Waals surface area contributed by atoms with Gasteiger partial charge in [-0.1, -0.05) is 0 Å². The Kier molecular flexibility index (Phi) is 4.55. The normalized spacial score (nSPS) is 21.4. The lowest BCUT2D eigenvalue weighted by Gasteiger charge is -2.31. The van der Waals surface area contributed by atoms with E-state index in [-0.39, 0.29) is 31.3 Å². The van der Waals surface area contributed by atoms with Crippen molar-refractivity contribution in [3.63, 3.8) is 0 Å². The molecule has 1 heterocycles. The smallest absolute Gasteiger partial charge is 0.303 e. The van der Waals surface area contributed by atoms with Crippen LogP contribution in [0.3, 0.4) is 0 Å². The molecule has 0 bridgehead atoms. The molecule has 0 spiro atoms. The van der Waals surface area contributed by atoms with Crippen molar-refractivity contribution in [3.8, 4) is 0 Å². The Bertz CT molecular complexity index is 242. The second-order valence-corrected chi connectivity index (χ2v) is 3.92. The first-order valence-corrected chi connectivity index (χ1v) is 5.24. The Labute approximate surface area is 88.7 Å². The minimum atomic E-state index is -0.945. The number of nitrogens with zero attached hydrogens (tertiary/aromatic N) is 1. The average molecular weight is 215 g/mol. The number of rotatable bonds is 4. The molecule has 5 heteroatoms. The van der Waals surface area contributed by atoms with Crippen LogP contribution in [0, 0.1) is 5.92 Å². The van der Waals surface area contributed by atoms with E-state index in [4.69, 9.17) is 10.2 Å². The molecule has 1 saturated heterocycles. The van der Waals surface area contributed by atoms with Gasteiger partial charge in [0, 0.05) is 26.1 Å². The van der Waals surface area contributed by atoms with E-state index in [1.165, 1.54) is 0 Å². The quantitative estimate of drug-likeness (QED) is 0.696. The van der Waals surface area contributed by atoms with Crippen LogP contribution in [-0.2, 0) is 9.59 Å². The van der Waals surface area contributed by atoms with E-state index in [0.717, 1.165) is 12.8 Å². The number of carbonyl (C=O) groups is 2. The first-order chi connectivity index (χ1) is 7.13. The SMILES string of the molecule is O=C(O)CCC(=O)N1CCCC(CO)C1. The van der Waals surface area contributed by atoms with Gasteiger partial charge in [0.1, 0.15) is 0 Å². The molecule has 1 rings (SSSR count). The third kappa shape index (κ3) is 3.87. The maximum atomic E-state index is 11.5. The van der Waals surface area contributed by atoms with Crippen molar-refractivity contribution in [3.05, 3.63) is 0 Å². The minimum Gasteiger partial charge on any atom is -0.481 e. The van der Waals surface area contributed by atoms with Gasteiger partial charge in [-0.15, -0.1) is 0 Å². The van der Waals surface area contributed by atoms with Gasteiger partial charge in [0.2, 0.25) is 5.91 Å². The molecule has 0 aliphatic carbocycles. The zero-order valence-electron chi connectivity index (χ0n) is 8.69. The molecule has 1 unspecified atom stereocenters. The lowest BCUT2D eigenvalue weighted by atomic mass is 9.99. The number of amides is 1. The van der Waals surface area contributed by atoms with E-state index in [1.807, 2.05) is 0 Å². The highest BCUT2D eigenvalue weighted by Crippen LogP contribution is 2.16. The van der Waals surface area contributed by atoms with E-state index in [0.29, 0.717) is 13.1 Å². The summed E-state index contributed by atoms with van der Waals surface area (Å²) in [7, 11) is 0. The van der Waals surface area contributed by atoms with Gasteiger partial charge in [-0.25, -0.2) is 0 Å². The third-order valence-corrected chi connectivity index (χ3v) is 2.68. The molecule has 0 saturated carbocycles. The van der Waals surface area contributed by atoms with E-state index >= 15 is 0 Å². The highest BCUT2D eigenvalue weighted by molar-refractivity contribution is 5.80. The fraction of sp³-hybridized carbons (Fsp3) is 0.800. The summed E-state index contributed by atoms with van der Waals surface area (Å²) < 4.78 is 0. The van der Waals surface area contributed by atoms with Crippen molar-refractivity contribution in [2.24, 2.45) is 5.92 Å². The van der Waals surface area contributed by atoms with Crippen molar-refractivity contribution >= 4 is 11.9 Å². The van der Waals surface area contributed by atoms with Gasteiger partial charge >= 0.3 is 5.97 Å². The topological polar surface area (TPSA) is 77.8 Å². The lowest BCUT2D eigenvalue weighted by Crippen LogP contribution is -2.41.